The Labute approximate surface area is 236 Å². The maximum Gasteiger partial charge on any atom is 0.394 e. The molecule has 38 heavy (non-hydrogen) atoms. The Hall–Kier alpha value is -3.99. The molecule has 6 aromatic rings. The van der Waals surface area contributed by atoms with Gasteiger partial charge in [-0.25, -0.2) is 9.97 Å². The van der Waals surface area contributed by atoms with Crippen molar-refractivity contribution in [2.75, 3.05) is 22.7 Å². The van der Waals surface area contributed by atoms with Crippen LogP contribution in [0.4, 0.5) is 11.6 Å². The average Bonchev–Trinajstić information content (AvgIpc) is 3.47. The van der Waals surface area contributed by atoms with E-state index >= 15 is 0 Å². The van der Waals surface area contributed by atoms with E-state index in [1.807, 2.05) is 12.4 Å². The topological polar surface area (TPSA) is 32.3 Å². The summed E-state index contributed by atoms with van der Waals surface area (Å²) >= 11 is 0. The number of nitrogens with zero attached hydrogens (tertiary/aromatic N) is 4. The van der Waals surface area contributed by atoms with E-state index in [1.165, 1.54) is 32.7 Å². The molecule has 184 valence electrons. The summed E-state index contributed by atoms with van der Waals surface area (Å²) in [6.07, 6.45) is 3.95. The molecule has 2 radical (unpaired) electrons. The molecule has 0 amide bonds. The van der Waals surface area contributed by atoms with E-state index in [0.717, 1.165) is 35.9 Å². The first-order chi connectivity index (χ1) is 18.3. The summed E-state index contributed by atoms with van der Waals surface area (Å²) in [5.74, 6) is 1.89. The largest absolute Gasteiger partial charge is 0.394 e. The molecule has 1 saturated heterocycles. The summed E-state index contributed by atoms with van der Waals surface area (Å²) in [5, 5.41) is 4.98. The Morgan fingerprint density at radius 1 is 0.500 bits per heavy atom. The Morgan fingerprint density at radius 3 is 1.39 bits per heavy atom. The number of hydrogen-bond donors (Lipinski definition) is 0. The van der Waals surface area contributed by atoms with Crippen molar-refractivity contribution in [1.82, 2.24) is 9.97 Å². The molecule has 6 heteroatoms. The van der Waals surface area contributed by atoms with E-state index in [9.17, 15) is 0 Å². The summed E-state index contributed by atoms with van der Waals surface area (Å²) in [6, 6.07) is 38.3. The fraction of sp³-hybridized carbons (Fsp3) is 0.0625. The number of anilines is 2. The SMILES string of the molecule is [B]1N(c2ccc(-c3cccc4ccccc34)cn2)CCN1c1ccc(-c2cccc3ccccc23)cn1.[Ir]. The number of pyridine rings is 2. The van der Waals surface area contributed by atoms with Gasteiger partial charge in [-0.1, -0.05) is 84.9 Å². The third-order valence-corrected chi connectivity index (χ3v) is 7.15. The van der Waals surface area contributed by atoms with Crippen LogP contribution < -0.4 is 9.62 Å². The normalized spacial score (nSPS) is 12.9. The number of benzene rings is 4. The third kappa shape index (κ3) is 4.47. The van der Waals surface area contributed by atoms with Crippen LogP contribution in [0.1, 0.15) is 0 Å². The minimum absolute atomic E-state index is 0. The van der Waals surface area contributed by atoms with Gasteiger partial charge in [-0.3, -0.25) is 0 Å². The molecule has 1 fully saturated rings. The van der Waals surface area contributed by atoms with E-state index in [2.05, 4.69) is 126 Å². The quantitative estimate of drug-likeness (QED) is 0.190. The van der Waals surface area contributed by atoms with E-state index in [1.54, 1.807) is 0 Å². The van der Waals surface area contributed by atoms with Crippen LogP contribution in [-0.4, -0.2) is 30.6 Å². The number of aromatic nitrogens is 2. The molecular formula is C32H24BIrN4. The standard InChI is InChI=1S/C32H24BN4.Ir/c1-3-11-27-23(7-1)9-5-13-29(27)25-15-17-31(34-21-25)36-19-20-37(33-36)32-18-16-26(22-35-32)30-14-6-10-24-8-2-4-12-28(24)30;/h1-18,21-22H,19-20H2;. The molecule has 7 rings (SSSR count). The van der Waals surface area contributed by atoms with Gasteiger partial charge in [0, 0.05) is 56.7 Å². The molecule has 0 aliphatic carbocycles. The van der Waals surface area contributed by atoms with Crippen LogP contribution in [-0.2, 0) is 20.1 Å². The van der Waals surface area contributed by atoms with Gasteiger partial charge in [-0.2, -0.15) is 0 Å². The molecule has 0 atom stereocenters. The first-order valence-corrected chi connectivity index (χ1v) is 12.6. The van der Waals surface area contributed by atoms with Gasteiger partial charge in [-0.05, 0) is 56.9 Å². The van der Waals surface area contributed by atoms with Crippen molar-refractivity contribution in [3.8, 4) is 22.3 Å². The molecule has 0 unspecified atom stereocenters. The summed E-state index contributed by atoms with van der Waals surface area (Å²) in [5.41, 5.74) is 4.67. The van der Waals surface area contributed by atoms with E-state index < -0.39 is 0 Å². The minimum atomic E-state index is 0. The van der Waals surface area contributed by atoms with E-state index in [-0.39, 0.29) is 20.1 Å². The maximum atomic E-state index is 4.80. The second kappa shape index (κ2) is 10.4. The van der Waals surface area contributed by atoms with E-state index in [0.29, 0.717) is 0 Å². The van der Waals surface area contributed by atoms with Crippen molar-refractivity contribution in [3.05, 3.63) is 122 Å². The fourth-order valence-corrected chi connectivity index (χ4v) is 5.23. The van der Waals surface area contributed by atoms with Gasteiger partial charge < -0.3 is 9.62 Å². The molecule has 3 heterocycles. The summed E-state index contributed by atoms with van der Waals surface area (Å²) in [7, 11) is 2.11. The zero-order valence-corrected chi connectivity index (χ0v) is 23.1. The molecule has 0 N–H and O–H groups in total. The zero-order chi connectivity index (χ0) is 24.6. The van der Waals surface area contributed by atoms with Crippen LogP contribution in [0.25, 0.3) is 43.8 Å². The Morgan fingerprint density at radius 2 is 0.947 bits per heavy atom. The molecule has 1 aliphatic heterocycles. The zero-order valence-electron chi connectivity index (χ0n) is 20.7. The van der Waals surface area contributed by atoms with Crippen molar-refractivity contribution in [3.63, 3.8) is 0 Å². The monoisotopic (exact) mass is 668 g/mol. The van der Waals surface area contributed by atoms with Crippen LogP contribution in [0.2, 0.25) is 0 Å². The Balaban J connectivity index is 0.00000264. The predicted octanol–water partition coefficient (Wildman–Crippen LogP) is 6.98. The van der Waals surface area contributed by atoms with Gasteiger partial charge in [0.2, 0.25) is 0 Å². The number of rotatable bonds is 4. The maximum absolute atomic E-state index is 4.80. The van der Waals surface area contributed by atoms with Crippen molar-refractivity contribution in [1.29, 1.82) is 0 Å². The van der Waals surface area contributed by atoms with Crippen molar-refractivity contribution < 1.29 is 20.1 Å². The minimum Gasteiger partial charge on any atom is -0.382 e. The number of fused-ring (bicyclic) bond motifs is 2. The van der Waals surface area contributed by atoms with Crippen LogP contribution in [0.15, 0.2) is 122 Å². The van der Waals surface area contributed by atoms with Gasteiger partial charge >= 0.3 is 7.55 Å². The summed E-state index contributed by atoms with van der Waals surface area (Å²) < 4.78 is 0. The summed E-state index contributed by atoms with van der Waals surface area (Å²) in [6.45, 7) is 1.74. The van der Waals surface area contributed by atoms with Crippen LogP contribution >= 0.6 is 0 Å². The predicted molar refractivity (Wildman–Crippen MR) is 155 cm³/mol. The van der Waals surface area contributed by atoms with Crippen molar-refractivity contribution >= 4 is 40.7 Å². The van der Waals surface area contributed by atoms with Crippen molar-refractivity contribution in [2.45, 2.75) is 0 Å². The van der Waals surface area contributed by atoms with Gasteiger partial charge in [0.05, 0.1) is 0 Å². The second-order valence-corrected chi connectivity index (χ2v) is 9.37. The summed E-state index contributed by atoms with van der Waals surface area (Å²) in [4.78, 5) is 14.0. The van der Waals surface area contributed by atoms with Gasteiger partial charge in [-0.15, -0.1) is 0 Å². The molecule has 0 spiro atoms. The van der Waals surface area contributed by atoms with Crippen LogP contribution in [0.5, 0.6) is 0 Å². The van der Waals surface area contributed by atoms with Gasteiger partial charge in [0.25, 0.3) is 0 Å². The fourth-order valence-electron chi connectivity index (χ4n) is 5.23. The smallest absolute Gasteiger partial charge is 0.382 e. The first-order valence-electron chi connectivity index (χ1n) is 12.6. The third-order valence-electron chi connectivity index (χ3n) is 7.15. The second-order valence-electron chi connectivity index (χ2n) is 9.37. The molecule has 4 aromatic carbocycles. The molecule has 1 aliphatic rings. The molecule has 0 saturated carbocycles. The van der Waals surface area contributed by atoms with Gasteiger partial charge in [0.15, 0.2) is 0 Å². The van der Waals surface area contributed by atoms with E-state index in [4.69, 9.17) is 9.97 Å². The van der Waals surface area contributed by atoms with Crippen LogP contribution in [0, 0.1) is 0 Å². The molecular weight excluding hydrogens is 643 g/mol. The molecule has 2 aromatic heterocycles. The van der Waals surface area contributed by atoms with Crippen LogP contribution in [0.3, 0.4) is 0 Å². The van der Waals surface area contributed by atoms with Gasteiger partial charge in [0.1, 0.15) is 11.6 Å². The average molecular weight is 668 g/mol. The number of hydrogen-bond acceptors (Lipinski definition) is 4. The Bertz CT molecular complexity index is 1580. The molecule has 4 nitrogen and oxygen atoms in total. The first kappa shape index (κ1) is 24.4. The molecule has 0 bridgehead atoms. The van der Waals surface area contributed by atoms with Crippen molar-refractivity contribution in [2.24, 2.45) is 0 Å². The Kier molecular flexibility index (Phi) is 6.67.